The van der Waals surface area contributed by atoms with Crippen molar-refractivity contribution < 1.29 is 9.72 Å². The van der Waals surface area contributed by atoms with Crippen LogP contribution in [0.3, 0.4) is 0 Å². The third-order valence-electron chi connectivity index (χ3n) is 4.49. The maximum absolute atomic E-state index is 12.3. The normalized spacial score (nSPS) is 21.2. The van der Waals surface area contributed by atoms with Gasteiger partial charge in [-0.25, -0.2) is 0 Å². The van der Waals surface area contributed by atoms with Gasteiger partial charge in [-0.2, -0.15) is 0 Å². The van der Waals surface area contributed by atoms with E-state index in [0.717, 1.165) is 18.4 Å². The lowest BCUT2D eigenvalue weighted by Gasteiger charge is -2.28. The first kappa shape index (κ1) is 15.7. The van der Waals surface area contributed by atoms with Crippen molar-refractivity contribution in [1.29, 1.82) is 0 Å². The smallest absolute Gasteiger partial charge is 0.287 e. The summed E-state index contributed by atoms with van der Waals surface area (Å²) in [5, 5.41) is 11.0. The number of carbonyl (C=O) groups is 1. The highest BCUT2D eigenvalue weighted by Gasteiger charge is 2.31. The Hall–Kier alpha value is -2.20. The molecule has 0 unspecified atom stereocenters. The molecule has 1 aliphatic carbocycles. The van der Waals surface area contributed by atoms with Gasteiger partial charge in [0.1, 0.15) is 10.8 Å². The van der Waals surface area contributed by atoms with E-state index < -0.39 is 4.92 Å². The first-order valence-electron chi connectivity index (χ1n) is 7.57. The molecule has 1 saturated carbocycles. The van der Waals surface area contributed by atoms with Gasteiger partial charge in [-0.1, -0.05) is 48.0 Å². The molecule has 118 valence electrons. The van der Waals surface area contributed by atoms with Crippen LogP contribution in [0.5, 0.6) is 0 Å². The molecule has 0 aliphatic heterocycles. The molecule has 0 amide bonds. The van der Waals surface area contributed by atoms with Crippen LogP contribution in [0.1, 0.15) is 42.2 Å². The van der Waals surface area contributed by atoms with Gasteiger partial charge in [-0.3, -0.25) is 14.9 Å². The van der Waals surface area contributed by atoms with Crippen molar-refractivity contribution in [3.63, 3.8) is 0 Å². The van der Waals surface area contributed by atoms with Crippen molar-refractivity contribution in [3.8, 4) is 0 Å². The van der Waals surface area contributed by atoms with E-state index >= 15 is 0 Å². The Morgan fingerprint density at radius 3 is 2.48 bits per heavy atom. The number of nitro benzene ring substituents is 1. The van der Waals surface area contributed by atoms with Crippen molar-refractivity contribution >= 4 is 23.1 Å². The Bertz CT molecular complexity index is 745. The van der Waals surface area contributed by atoms with Crippen molar-refractivity contribution in [3.05, 3.63) is 74.8 Å². The topological polar surface area (TPSA) is 60.2 Å². The minimum Gasteiger partial charge on any atom is -0.299 e. The molecule has 5 heteroatoms. The molecule has 3 rings (SSSR count). The van der Waals surface area contributed by atoms with E-state index in [0.29, 0.717) is 12.3 Å². The maximum Gasteiger partial charge on any atom is 0.287 e. The second-order valence-corrected chi connectivity index (χ2v) is 6.28. The zero-order chi connectivity index (χ0) is 16.4. The zero-order valence-corrected chi connectivity index (χ0v) is 13.2. The van der Waals surface area contributed by atoms with Gasteiger partial charge in [0, 0.05) is 18.4 Å². The summed E-state index contributed by atoms with van der Waals surface area (Å²) < 4.78 is 0. The summed E-state index contributed by atoms with van der Waals surface area (Å²) in [5.41, 5.74) is 1.88. The van der Waals surface area contributed by atoms with Crippen LogP contribution < -0.4 is 0 Å². The number of ketones is 1. The van der Waals surface area contributed by atoms with Crippen LogP contribution in [0.25, 0.3) is 0 Å². The van der Waals surface area contributed by atoms with Gasteiger partial charge in [-0.05, 0) is 36.0 Å². The third-order valence-corrected chi connectivity index (χ3v) is 4.79. The monoisotopic (exact) mass is 329 g/mol. The van der Waals surface area contributed by atoms with Crippen LogP contribution in [-0.2, 0) is 4.79 Å². The fraction of sp³-hybridized carbons (Fsp3) is 0.278. The van der Waals surface area contributed by atoms with Crippen molar-refractivity contribution in [2.45, 2.75) is 31.1 Å². The van der Waals surface area contributed by atoms with Crippen LogP contribution >= 0.6 is 11.6 Å². The lowest BCUT2D eigenvalue weighted by molar-refractivity contribution is -0.384. The summed E-state index contributed by atoms with van der Waals surface area (Å²) in [7, 11) is 0. The van der Waals surface area contributed by atoms with Crippen LogP contribution in [0.2, 0.25) is 5.02 Å². The summed E-state index contributed by atoms with van der Waals surface area (Å²) in [6.07, 6.45) is 2.09. The van der Waals surface area contributed by atoms with E-state index in [9.17, 15) is 14.9 Å². The van der Waals surface area contributed by atoms with E-state index in [4.69, 9.17) is 11.6 Å². The Balaban J connectivity index is 1.87. The fourth-order valence-corrected chi connectivity index (χ4v) is 3.52. The van der Waals surface area contributed by atoms with Crippen LogP contribution in [0.4, 0.5) is 5.69 Å². The van der Waals surface area contributed by atoms with Crippen LogP contribution in [-0.4, -0.2) is 10.7 Å². The van der Waals surface area contributed by atoms with E-state index in [2.05, 4.69) is 12.1 Å². The largest absolute Gasteiger partial charge is 0.299 e. The summed E-state index contributed by atoms with van der Waals surface area (Å²) >= 11 is 5.99. The number of Topliss-reactive ketones (excluding diaryl/α,β-unsaturated/α-hetero) is 1. The van der Waals surface area contributed by atoms with Gasteiger partial charge in [0.15, 0.2) is 0 Å². The van der Waals surface area contributed by atoms with E-state index in [1.807, 2.05) is 18.2 Å². The molecule has 2 aromatic carbocycles. The quantitative estimate of drug-likeness (QED) is 0.596. The number of nitrogens with zero attached hydrogens (tertiary/aromatic N) is 1. The second-order valence-electron chi connectivity index (χ2n) is 5.87. The van der Waals surface area contributed by atoms with Crippen molar-refractivity contribution in [1.82, 2.24) is 0 Å². The first-order valence-corrected chi connectivity index (χ1v) is 7.95. The summed E-state index contributed by atoms with van der Waals surface area (Å²) in [6.45, 7) is 0. The number of benzene rings is 2. The second kappa shape index (κ2) is 6.50. The molecule has 1 aliphatic rings. The number of halogens is 1. The molecule has 0 N–H and O–H groups in total. The minimum atomic E-state index is -0.512. The predicted octanol–water partition coefficient (Wildman–Crippen LogP) is 4.87. The minimum absolute atomic E-state index is 0.0853. The van der Waals surface area contributed by atoms with Gasteiger partial charge in [0.05, 0.1) is 4.92 Å². The van der Waals surface area contributed by atoms with E-state index in [1.165, 1.54) is 11.6 Å². The molecular formula is C18H16ClNO3. The molecule has 0 bridgehead atoms. The number of hydrogen-bond acceptors (Lipinski definition) is 3. The summed E-state index contributed by atoms with van der Waals surface area (Å²) in [6, 6.07) is 14.8. The van der Waals surface area contributed by atoms with Gasteiger partial charge < -0.3 is 0 Å². The highest BCUT2D eigenvalue weighted by Crippen LogP contribution is 2.40. The van der Waals surface area contributed by atoms with E-state index in [-0.39, 0.29) is 22.4 Å². The lowest BCUT2D eigenvalue weighted by Crippen LogP contribution is -2.22. The number of carbonyl (C=O) groups excluding carboxylic acids is 1. The SMILES string of the molecule is O=C1CC[C@H](c2ccccc2)C[C@@H]1c1ccc([N+](=O)[O-])c(Cl)c1. The molecule has 1 fully saturated rings. The molecule has 0 aromatic heterocycles. The molecule has 0 saturated heterocycles. The molecule has 2 aromatic rings. The molecule has 0 spiro atoms. The first-order chi connectivity index (χ1) is 11.1. The standard InChI is InChI=1S/C18H16ClNO3/c19-16-11-14(6-8-17(16)20(22)23)15-10-13(7-9-18(15)21)12-4-2-1-3-5-12/h1-6,8,11,13,15H,7,9-10H2/t13-,15+/m0/s1. The predicted molar refractivity (Wildman–Crippen MR) is 88.9 cm³/mol. The molecule has 2 atom stereocenters. The molecule has 0 radical (unpaired) electrons. The zero-order valence-electron chi connectivity index (χ0n) is 12.4. The molecule has 0 heterocycles. The molecule has 23 heavy (non-hydrogen) atoms. The van der Waals surface area contributed by atoms with Crippen LogP contribution in [0.15, 0.2) is 48.5 Å². The average molecular weight is 330 g/mol. The van der Waals surface area contributed by atoms with Crippen molar-refractivity contribution in [2.24, 2.45) is 0 Å². The van der Waals surface area contributed by atoms with Gasteiger partial charge in [0.2, 0.25) is 0 Å². The van der Waals surface area contributed by atoms with E-state index in [1.54, 1.807) is 12.1 Å². The van der Waals surface area contributed by atoms with Gasteiger partial charge >= 0.3 is 0 Å². The van der Waals surface area contributed by atoms with Crippen molar-refractivity contribution in [2.75, 3.05) is 0 Å². The number of hydrogen-bond donors (Lipinski definition) is 0. The average Bonchev–Trinajstić information content (AvgIpc) is 2.55. The molecular weight excluding hydrogens is 314 g/mol. The lowest BCUT2D eigenvalue weighted by atomic mass is 9.74. The molecule has 4 nitrogen and oxygen atoms in total. The maximum atomic E-state index is 12.3. The number of nitro groups is 1. The summed E-state index contributed by atoms with van der Waals surface area (Å²) in [5.74, 6) is 0.266. The Morgan fingerprint density at radius 1 is 1.09 bits per heavy atom. The highest BCUT2D eigenvalue weighted by molar-refractivity contribution is 6.32. The van der Waals surface area contributed by atoms with Gasteiger partial charge in [-0.15, -0.1) is 0 Å². The third kappa shape index (κ3) is 3.27. The summed E-state index contributed by atoms with van der Waals surface area (Å²) in [4.78, 5) is 22.7. The highest BCUT2D eigenvalue weighted by atomic mass is 35.5. The fourth-order valence-electron chi connectivity index (χ4n) is 3.26. The Kier molecular flexibility index (Phi) is 4.44. The van der Waals surface area contributed by atoms with Crippen LogP contribution in [0, 0.1) is 10.1 Å². The van der Waals surface area contributed by atoms with Gasteiger partial charge in [0.25, 0.3) is 5.69 Å². The Labute approximate surface area is 139 Å². The number of rotatable bonds is 3. The Morgan fingerprint density at radius 2 is 1.83 bits per heavy atom.